The Morgan fingerprint density at radius 3 is 2.35 bits per heavy atom. The van der Waals surface area contributed by atoms with E-state index in [1.165, 1.54) is 32.2 Å². The number of benzene rings is 1. The van der Waals surface area contributed by atoms with E-state index in [-0.39, 0.29) is 35.6 Å². The van der Waals surface area contributed by atoms with Crippen LogP contribution in [-0.4, -0.2) is 43.3 Å². The Balaban J connectivity index is 0.00000625. The van der Waals surface area contributed by atoms with Crippen LogP contribution in [0, 0.1) is 0 Å². The molecule has 0 saturated heterocycles. The predicted molar refractivity (Wildman–Crippen MR) is 104 cm³/mol. The first-order valence-electron chi connectivity index (χ1n) is 9.55. The molecule has 0 radical (unpaired) electrons. The van der Waals surface area contributed by atoms with Gasteiger partial charge in [0.1, 0.15) is 6.61 Å². The van der Waals surface area contributed by atoms with Gasteiger partial charge in [-0.25, -0.2) is 4.79 Å². The van der Waals surface area contributed by atoms with Crippen LogP contribution in [0.3, 0.4) is 0 Å². The minimum Gasteiger partial charge on any atom is -1.00 e. The van der Waals surface area contributed by atoms with E-state index in [9.17, 15) is 4.79 Å². The standard InChI is InChI=1S/C21H36N2O2.HI/c1-6-7-8-12-16-23(4,5)17-15-21(2,3)22-20(24)25-18-19-13-10-9-11-14-19;/h9-11,13-14H,6-8,12,15-18H2,1-5H3;1H. The number of hydrogen-bond acceptors (Lipinski definition) is 2. The molecule has 1 rings (SSSR count). The van der Waals surface area contributed by atoms with Gasteiger partial charge in [0, 0.05) is 12.0 Å². The first-order valence-corrected chi connectivity index (χ1v) is 9.55. The third kappa shape index (κ3) is 11.7. The summed E-state index contributed by atoms with van der Waals surface area (Å²) in [5.41, 5.74) is 0.729. The van der Waals surface area contributed by atoms with Gasteiger partial charge in [-0.3, -0.25) is 0 Å². The second-order valence-electron chi connectivity index (χ2n) is 8.26. The Bertz CT molecular complexity index is 504. The Kier molecular flexibility index (Phi) is 12.2. The van der Waals surface area contributed by atoms with Gasteiger partial charge >= 0.3 is 6.09 Å². The Morgan fingerprint density at radius 2 is 1.73 bits per heavy atom. The molecule has 5 heteroatoms. The lowest BCUT2D eigenvalue weighted by Gasteiger charge is -2.34. The molecule has 0 atom stereocenters. The molecular formula is C21H37IN2O2. The first-order chi connectivity index (χ1) is 11.7. The lowest BCUT2D eigenvalue weighted by molar-refractivity contribution is -0.891. The highest BCUT2D eigenvalue weighted by Gasteiger charge is 2.25. The van der Waals surface area contributed by atoms with Gasteiger partial charge in [0.15, 0.2) is 0 Å². The van der Waals surface area contributed by atoms with E-state index in [4.69, 9.17) is 4.74 Å². The third-order valence-corrected chi connectivity index (χ3v) is 4.61. The molecule has 0 aliphatic carbocycles. The molecule has 0 unspecified atom stereocenters. The van der Waals surface area contributed by atoms with Crippen molar-refractivity contribution in [2.75, 3.05) is 27.2 Å². The number of unbranched alkanes of at least 4 members (excludes halogenated alkanes) is 3. The Hall–Kier alpha value is -0.820. The average Bonchev–Trinajstić information content (AvgIpc) is 2.56. The maximum atomic E-state index is 12.1. The van der Waals surface area contributed by atoms with Crippen LogP contribution < -0.4 is 29.3 Å². The highest BCUT2D eigenvalue weighted by atomic mass is 127. The minimum absolute atomic E-state index is 0. The molecule has 26 heavy (non-hydrogen) atoms. The number of nitrogens with one attached hydrogen (secondary N) is 1. The van der Waals surface area contributed by atoms with Gasteiger partial charge in [-0.1, -0.05) is 50.1 Å². The van der Waals surface area contributed by atoms with Crippen LogP contribution in [0.1, 0.15) is 58.4 Å². The topological polar surface area (TPSA) is 38.3 Å². The fourth-order valence-electron chi connectivity index (χ4n) is 2.76. The van der Waals surface area contributed by atoms with E-state index >= 15 is 0 Å². The third-order valence-electron chi connectivity index (χ3n) is 4.61. The van der Waals surface area contributed by atoms with Crippen LogP contribution in [0.2, 0.25) is 0 Å². The van der Waals surface area contributed by atoms with Crippen molar-refractivity contribution < 1.29 is 38.0 Å². The minimum atomic E-state index is -0.345. The number of alkyl carbamates (subject to hydrolysis) is 1. The molecule has 0 heterocycles. The van der Waals surface area contributed by atoms with Gasteiger partial charge in [-0.2, -0.15) is 0 Å². The van der Waals surface area contributed by atoms with Gasteiger partial charge in [0.2, 0.25) is 0 Å². The summed E-state index contributed by atoms with van der Waals surface area (Å²) in [5.74, 6) is 0. The lowest BCUT2D eigenvalue weighted by Crippen LogP contribution is -3.00. The number of hydrogen-bond donors (Lipinski definition) is 1. The molecular weight excluding hydrogens is 439 g/mol. The van der Waals surface area contributed by atoms with E-state index in [0.717, 1.165) is 23.0 Å². The van der Waals surface area contributed by atoms with E-state index in [1.807, 2.05) is 30.3 Å². The summed E-state index contributed by atoms with van der Waals surface area (Å²) in [4.78, 5) is 12.1. The van der Waals surface area contributed by atoms with E-state index in [0.29, 0.717) is 6.61 Å². The van der Waals surface area contributed by atoms with E-state index < -0.39 is 0 Å². The average molecular weight is 476 g/mol. The van der Waals surface area contributed by atoms with E-state index in [2.05, 4.69) is 40.2 Å². The maximum Gasteiger partial charge on any atom is 0.407 e. The number of ether oxygens (including phenoxy) is 1. The van der Waals surface area contributed by atoms with Gasteiger partial charge < -0.3 is 38.5 Å². The zero-order chi connectivity index (χ0) is 18.8. The van der Waals surface area contributed by atoms with Crippen molar-refractivity contribution in [3.05, 3.63) is 35.9 Å². The SMILES string of the molecule is CCCCCC[N+](C)(C)CCC(C)(C)NC(=O)OCc1ccccc1.[I-]. The zero-order valence-electron chi connectivity index (χ0n) is 17.2. The van der Waals surface area contributed by atoms with Crippen LogP contribution in [0.4, 0.5) is 4.79 Å². The summed E-state index contributed by atoms with van der Waals surface area (Å²) >= 11 is 0. The molecule has 0 saturated carbocycles. The Morgan fingerprint density at radius 1 is 1.08 bits per heavy atom. The first kappa shape index (κ1) is 25.2. The van der Waals surface area contributed by atoms with Crippen molar-refractivity contribution in [3.63, 3.8) is 0 Å². The molecule has 1 N–H and O–H groups in total. The van der Waals surface area contributed by atoms with Crippen molar-refractivity contribution in [1.82, 2.24) is 5.32 Å². The van der Waals surface area contributed by atoms with Crippen LogP contribution in [0.25, 0.3) is 0 Å². The van der Waals surface area contributed by atoms with Crippen molar-refractivity contribution >= 4 is 6.09 Å². The molecule has 0 aromatic heterocycles. The summed E-state index contributed by atoms with van der Waals surface area (Å²) < 4.78 is 6.33. The number of quaternary nitrogens is 1. The van der Waals surface area contributed by atoms with Gasteiger partial charge in [0.05, 0.1) is 27.2 Å². The molecule has 0 bridgehead atoms. The quantitative estimate of drug-likeness (QED) is 0.300. The Labute approximate surface area is 177 Å². The monoisotopic (exact) mass is 476 g/mol. The maximum absolute atomic E-state index is 12.1. The molecule has 0 fully saturated rings. The van der Waals surface area contributed by atoms with Crippen LogP contribution in [0.15, 0.2) is 30.3 Å². The largest absolute Gasteiger partial charge is 1.00 e. The highest BCUT2D eigenvalue weighted by molar-refractivity contribution is 5.68. The second kappa shape index (κ2) is 12.5. The van der Waals surface area contributed by atoms with Crippen molar-refractivity contribution in [1.29, 1.82) is 0 Å². The van der Waals surface area contributed by atoms with Crippen molar-refractivity contribution in [2.45, 2.75) is 65.0 Å². The van der Waals surface area contributed by atoms with Crippen molar-refractivity contribution in [2.24, 2.45) is 0 Å². The summed E-state index contributed by atoms with van der Waals surface area (Å²) in [5, 5.41) is 3.00. The van der Waals surface area contributed by atoms with Gasteiger partial charge in [-0.05, 0) is 32.3 Å². The number of halogens is 1. The molecule has 1 aromatic rings. The number of carbonyl (C=O) groups excluding carboxylic acids is 1. The fraction of sp³-hybridized carbons (Fsp3) is 0.667. The zero-order valence-corrected chi connectivity index (χ0v) is 19.3. The van der Waals surface area contributed by atoms with Crippen LogP contribution in [-0.2, 0) is 11.3 Å². The predicted octanol–water partition coefficient (Wildman–Crippen LogP) is 1.74. The van der Waals surface area contributed by atoms with Crippen LogP contribution in [0.5, 0.6) is 0 Å². The molecule has 0 spiro atoms. The lowest BCUT2D eigenvalue weighted by atomic mass is 10.00. The van der Waals surface area contributed by atoms with Gasteiger partial charge in [-0.15, -0.1) is 0 Å². The number of amides is 1. The molecule has 1 amide bonds. The second-order valence-corrected chi connectivity index (χ2v) is 8.26. The molecule has 4 nitrogen and oxygen atoms in total. The number of nitrogens with zero attached hydrogens (tertiary/aromatic N) is 1. The summed E-state index contributed by atoms with van der Waals surface area (Å²) in [6.45, 7) is 8.90. The normalized spacial score (nSPS) is 11.6. The summed E-state index contributed by atoms with van der Waals surface area (Å²) in [7, 11) is 4.55. The molecule has 150 valence electrons. The fourth-order valence-corrected chi connectivity index (χ4v) is 2.76. The summed E-state index contributed by atoms with van der Waals surface area (Å²) in [6, 6.07) is 9.75. The molecule has 0 aliphatic rings. The highest BCUT2D eigenvalue weighted by Crippen LogP contribution is 2.14. The summed E-state index contributed by atoms with van der Waals surface area (Å²) in [6.07, 6.45) is 5.76. The number of carbonyl (C=O) groups is 1. The smallest absolute Gasteiger partial charge is 0.407 e. The number of rotatable bonds is 11. The molecule has 0 aliphatic heterocycles. The van der Waals surface area contributed by atoms with E-state index in [1.54, 1.807) is 0 Å². The van der Waals surface area contributed by atoms with Crippen molar-refractivity contribution in [3.8, 4) is 0 Å². The van der Waals surface area contributed by atoms with Crippen LogP contribution >= 0.6 is 0 Å². The van der Waals surface area contributed by atoms with Gasteiger partial charge in [0.25, 0.3) is 0 Å². The molecule has 1 aromatic carbocycles.